The van der Waals surface area contributed by atoms with E-state index in [1.807, 2.05) is 6.92 Å². The van der Waals surface area contributed by atoms with Gasteiger partial charge in [0, 0.05) is 11.5 Å². The summed E-state index contributed by atoms with van der Waals surface area (Å²) in [5, 5.41) is 10.2. The van der Waals surface area contributed by atoms with Gasteiger partial charge in [-0.25, -0.2) is 0 Å². The van der Waals surface area contributed by atoms with Gasteiger partial charge in [0.25, 0.3) is 0 Å². The molecule has 1 nitrogen and oxygen atoms in total. The summed E-state index contributed by atoms with van der Waals surface area (Å²) in [6, 6.07) is 0. The summed E-state index contributed by atoms with van der Waals surface area (Å²) in [7, 11) is 0. The van der Waals surface area contributed by atoms with Crippen molar-refractivity contribution >= 4 is 34.7 Å². The van der Waals surface area contributed by atoms with Gasteiger partial charge in [0.2, 0.25) is 0 Å². The minimum atomic E-state index is -0.692. The van der Waals surface area contributed by atoms with Gasteiger partial charge in [-0.15, -0.1) is 0 Å². The Kier molecular flexibility index (Phi) is 4.12. The standard InChI is InChI=1S/C8H11ClO.Mg.2H/c1-6-5-8(2,10)4-3-7(6)9;;;/h3-4,10H,5H2,1-2H3;;;/q;+2;2*-1. The first-order valence-corrected chi connectivity index (χ1v) is 3.66. The maximum atomic E-state index is 9.48. The smallest absolute Gasteiger partial charge is 1.00 e. The second kappa shape index (κ2) is 3.94. The molecule has 1 aliphatic carbocycles. The van der Waals surface area contributed by atoms with Crippen LogP contribution < -0.4 is 0 Å². The van der Waals surface area contributed by atoms with Crippen LogP contribution in [-0.2, 0) is 0 Å². The first kappa shape index (κ1) is 11.5. The Bertz CT molecular complexity index is 214. The number of hydrogen-bond acceptors (Lipinski definition) is 1. The number of rotatable bonds is 0. The van der Waals surface area contributed by atoms with E-state index in [0.29, 0.717) is 6.42 Å². The van der Waals surface area contributed by atoms with Crippen molar-refractivity contribution in [3.8, 4) is 0 Å². The van der Waals surface area contributed by atoms with Gasteiger partial charge in [0.1, 0.15) is 0 Å². The fraction of sp³-hybridized carbons (Fsp3) is 0.500. The normalized spacial score (nSPS) is 30.2. The molecular weight excluding hydrogens is 172 g/mol. The summed E-state index contributed by atoms with van der Waals surface area (Å²) >= 11 is 5.78. The fourth-order valence-electron chi connectivity index (χ4n) is 1.08. The fourth-order valence-corrected chi connectivity index (χ4v) is 1.20. The second-order valence-corrected chi connectivity index (χ2v) is 3.40. The molecule has 0 aromatic carbocycles. The molecule has 0 saturated carbocycles. The molecule has 60 valence electrons. The van der Waals surface area contributed by atoms with Gasteiger partial charge in [-0.05, 0) is 19.9 Å². The topological polar surface area (TPSA) is 20.2 Å². The van der Waals surface area contributed by atoms with Gasteiger partial charge in [0.05, 0.1) is 5.60 Å². The maximum absolute atomic E-state index is 9.48. The predicted molar refractivity (Wildman–Crippen MR) is 50.9 cm³/mol. The van der Waals surface area contributed by atoms with Crippen LogP contribution in [-0.4, -0.2) is 33.8 Å². The molecule has 1 unspecified atom stereocenters. The summed E-state index contributed by atoms with van der Waals surface area (Å²) in [6.07, 6.45) is 4.12. The average molecular weight is 185 g/mol. The van der Waals surface area contributed by atoms with E-state index in [0.717, 1.165) is 10.6 Å². The van der Waals surface area contributed by atoms with Crippen LogP contribution in [0.15, 0.2) is 22.8 Å². The van der Waals surface area contributed by atoms with Gasteiger partial charge in [-0.1, -0.05) is 23.3 Å². The molecular formula is C8H13ClMgO. The quantitative estimate of drug-likeness (QED) is 0.572. The Morgan fingerprint density at radius 2 is 2.27 bits per heavy atom. The van der Waals surface area contributed by atoms with E-state index in [1.165, 1.54) is 0 Å². The van der Waals surface area contributed by atoms with Gasteiger partial charge < -0.3 is 7.96 Å². The zero-order valence-electron chi connectivity index (χ0n) is 8.89. The van der Waals surface area contributed by atoms with Crippen LogP contribution in [0, 0.1) is 0 Å². The summed E-state index contributed by atoms with van der Waals surface area (Å²) in [5.41, 5.74) is 0.358. The predicted octanol–water partition coefficient (Wildman–Crippen LogP) is 2.05. The van der Waals surface area contributed by atoms with Crippen molar-refractivity contribution in [1.29, 1.82) is 0 Å². The van der Waals surface area contributed by atoms with E-state index in [9.17, 15) is 5.11 Å². The molecule has 0 spiro atoms. The van der Waals surface area contributed by atoms with Crippen molar-refractivity contribution in [1.82, 2.24) is 0 Å². The van der Waals surface area contributed by atoms with Crippen molar-refractivity contribution in [2.75, 3.05) is 0 Å². The van der Waals surface area contributed by atoms with E-state index < -0.39 is 5.60 Å². The SMILES string of the molecule is CC1=C(Cl)C=CC(C)(O)C1.[H-].[H-].[Mg+2]. The van der Waals surface area contributed by atoms with Gasteiger partial charge in [0.15, 0.2) is 0 Å². The average Bonchev–Trinajstić information content (AvgIpc) is 1.79. The van der Waals surface area contributed by atoms with Gasteiger partial charge in [-0.3, -0.25) is 0 Å². The van der Waals surface area contributed by atoms with Crippen LogP contribution >= 0.6 is 11.6 Å². The monoisotopic (exact) mass is 184 g/mol. The first-order chi connectivity index (χ1) is 4.51. The minimum Gasteiger partial charge on any atom is -1.00 e. The van der Waals surface area contributed by atoms with Crippen LogP contribution in [0.2, 0.25) is 0 Å². The number of halogens is 1. The minimum absolute atomic E-state index is 0. The third kappa shape index (κ3) is 3.16. The molecule has 0 amide bonds. The van der Waals surface area contributed by atoms with E-state index in [2.05, 4.69) is 0 Å². The Labute approximate surface area is 91.2 Å². The summed E-state index contributed by atoms with van der Waals surface area (Å²) in [4.78, 5) is 0. The summed E-state index contributed by atoms with van der Waals surface area (Å²) < 4.78 is 0. The van der Waals surface area contributed by atoms with E-state index in [4.69, 9.17) is 11.6 Å². The Morgan fingerprint density at radius 3 is 2.64 bits per heavy atom. The molecule has 1 N–H and O–H groups in total. The molecule has 1 atom stereocenters. The molecule has 11 heavy (non-hydrogen) atoms. The zero-order valence-corrected chi connectivity index (χ0v) is 9.06. The number of hydrogen-bond donors (Lipinski definition) is 1. The Balaban J connectivity index is -0.000000333. The third-order valence-electron chi connectivity index (χ3n) is 1.62. The molecule has 0 aromatic rings. The molecule has 0 aliphatic heterocycles. The van der Waals surface area contributed by atoms with Crippen LogP contribution in [0.4, 0.5) is 0 Å². The number of allylic oxidation sites excluding steroid dienone is 2. The van der Waals surface area contributed by atoms with E-state index in [-0.39, 0.29) is 25.9 Å². The zero-order chi connectivity index (χ0) is 7.78. The van der Waals surface area contributed by atoms with Crippen molar-refractivity contribution in [3.63, 3.8) is 0 Å². The third-order valence-corrected chi connectivity index (χ3v) is 2.07. The second-order valence-electron chi connectivity index (χ2n) is 3.00. The largest absolute Gasteiger partial charge is 2.00 e. The molecule has 0 bridgehead atoms. The molecule has 0 heterocycles. The summed E-state index contributed by atoms with van der Waals surface area (Å²) in [6.45, 7) is 3.70. The first-order valence-electron chi connectivity index (χ1n) is 3.28. The van der Waals surface area contributed by atoms with Crippen molar-refractivity contribution in [3.05, 3.63) is 22.8 Å². The van der Waals surface area contributed by atoms with Gasteiger partial charge >= 0.3 is 23.1 Å². The molecule has 1 aliphatic rings. The van der Waals surface area contributed by atoms with Crippen molar-refractivity contribution in [2.24, 2.45) is 0 Å². The van der Waals surface area contributed by atoms with E-state index in [1.54, 1.807) is 19.1 Å². The van der Waals surface area contributed by atoms with Crippen molar-refractivity contribution in [2.45, 2.75) is 25.9 Å². The van der Waals surface area contributed by atoms with E-state index >= 15 is 0 Å². The molecule has 0 radical (unpaired) electrons. The Hall–Kier alpha value is 0.496. The molecule has 0 fully saturated rings. The maximum Gasteiger partial charge on any atom is 2.00 e. The van der Waals surface area contributed by atoms with Crippen molar-refractivity contribution < 1.29 is 7.96 Å². The van der Waals surface area contributed by atoms with Crippen LogP contribution in [0.3, 0.4) is 0 Å². The van der Waals surface area contributed by atoms with Crippen LogP contribution in [0.5, 0.6) is 0 Å². The van der Waals surface area contributed by atoms with Crippen LogP contribution in [0.25, 0.3) is 0 Å². The van der Waals surface area contributed by atoms with Gasteiger partial charge in [-0.2, -0.15) is 0 Å². The summed E-state index contributed by atoms with van der Waals surface area (Å²) in [5.74, 6) is 0. The molecule has 0 saturated heterocycles. The molecule has 0 aromatic heterocycles. The molecule has 3 heteroatoms. The van der Waals surface area contributed by atoms with Crippen LogP contribution in [0.1, 0.15) is 23.1 Å². The molecule has 1 rings (SSSR count). The number of aliphatic hydroxyl groups is 1. The Morgan fingerprint density at radius 1 is 1.73 bits per heavy atom.